The van der Waals surface area contributed by atoms with Gasteiger partial charge in [0.25, 0.3) is 0 Å². The number of rotatable bonds is 5. The number of fused-ring (bicyclic) bond motifs is 1. The minimum Gasteiger partial charge on any atom is -0.493 e. The van der Waals surface area contributed by atoms with Crippen molar-refractivity contribution in [2.24, 2.45) is 5.92 Å². The van der Waals surface area contributed by atoms with Crippen LogP contribution in [0.1, 0.15) is 37.8 Å². The van der Waals surface area contributed by atoms with Gasteiger partial charge in [0.2, 0.25) is 5.91 Å². The van der Waals surface area contributed by atoms with E-state index in [0.717, 1.165) is 17.7 Å². The Hall–Kier alpha value is -2.04. The van der Waals surface area contributed by atoms with E-state index in [0.29, 0.717) is 6.61 Å². The Bertz CT molecular complexity index is 500. The maximum absolute atomic E-state index is 12.0. The van der Waals surface area contributed by atoms with Crippen molar-refractivity contribution < 1.29 is 19.4 Å². The molecule has 5 heteroatoms. The molecule has 2 rings (SSSR count). The summed E-state index contributed by atoms with van der Waals surface area (Å²) in [5.41, 5.74) is 0.984. The first-order valence-electron chi connectivity index (χ1n) is 6.79. The van der Waals surface area contributed by atoms with Gasteiger partial charge in [0.1, 0.15) is 5.75 Å². The van der Waals surface area contributed by atoms with Gasteiger partial charge in [-0.1, -0.05) is 25.1 Å². The summed E-state index contributed by atoms with van der Waals surface area (Å²) in [5, 5.41) is 11.7. The second-order valence-corrected chi connectivity index (χ2v) is 5.20. The van der Waals surface area contributed by atoms with E-state index in [2.05, 4.69) is 5.32 Å². The summed E-state index contributed by atoms with van der Waals surface area (Å²) in [6, 6.07) is 7.60. The summed E-state index contributed by atoms with van der Waals surface area (Å²) >= 11 is 0. The van der Waals surface area contributed by atoms with Crippen LogP contribution in [0, 0.1) is 5.92 Å². The Labute approximate surface area is 117 Å². The highest BCUT2D eigenvalue weighted by Gasteiger charge is 2.23. The summed E-state index contributed by atoms with van der Waals surface area (Å²) in [6.45, 7) is 2.35. The number of aliphatic carboxylic acids is 1. The van der Waals surface area contributed by atoms with Crippen molar-refractivity contribution in [3.8, 4) is 5.75 Å². The van der Waals surface area contributed by atoms with Crippen molar-refractivity contribution in [2.45, 2.75) is 32.2 Å². The van der Waals surface area contributed by atoms with Crippen LogP contribution in [-0.4, -0.2) is 23.6 Å². The Morgan fingerprint density at radius 3 is 2.90 bits per heavy atom. The van der Waals surface area contributed by atoms with Crippen LogP contribution in [0.5, 0.6) is 5.75 Å². The predicted octanol–water partition coefficient (Wildman–Crippen LogP) is 2.13. The summed E-state index contributed by atoms with van der Waals surface area (Å²) in [6.07, 6.45) is 0.972. The van der Waals surface area contributed by atoms with Crippen LogP contribution in [0.2, 0.25) is 0 Å². The number of carbonyl (C=O) groups excluding carboxylic acids is 1. The van der Waals surface area contributed by atoms with E-state index in [1.807, 2.05) is 24.3 Å². The fourth-order valence-corrected chi connectivity index (χ4v) is 2.43. The van der Waals surface area contributed by atoms with Crippen LogP contribution >= 0.6 is 0 Å². The molecule has 0 radical (unpaired) electrons. The maximum Gasteiger partial charge on any atom is 0.303 e. The molecule has 108 valence electrons. The summed E-state index contributed by atoms with van der Waals surface area (Å²) in [4.78, 5) is 22.6. The Morgan fingerprint density at radius 2 is 2.15 bits per heavy atom. The van der Waals surface area contributed by atoms with Gasteiger partial charge in [-0.2, -0.15) is 0 Å². The van der Waals surface area contributed by atoms with Gasteiger partial charge in [0.15, 0.2) is 0 Å². The predicted molar refractivity (Wildman–Crippen MR) is 73.5 cm³/mol. The average Bonchev–Trinajstić information content (AvgIpc) is 2.38. The number of amides is 1. The lowest BCUT2D eigenvalue weighted by Crippen LogP contribution is -2.33. The first-order valence-corrected chi connectivity index (χ1v) is 6.79. The highest BCUT2D eigenvalue weighted by molar-refractivity contribution is 5.77. The van der Waals surface area contributed by atoms with Crippen LogP contribution in [0.15, 0.2) is 24.3 Å². The lowest BCUT2D eigenvalue weighted by molar-refractivity contribution is -0.138. The summed E-state index contributed by atoms with van der Waals surface area (Å²) in [5.74, 6) is -0.340. The second kappa shape index (κ2) is 6.41. The van der Waals surface area contributed by atoms with E-state index in [4.69, 9.17) is 9.84 Å². The zero-order valence-corrected chi connectivity index (χ0v) is 11.5. The van der Waals surface area contributed by atoms with Gasteiger partial charge in [-0.25, -0.2) is 0 Å². The highest BCUT2D eigenvalue weighted by atomic mass is 16.5. The van der Waals surface area contributed by atoms with Crippen LogP contribution in [0.3, 0.4) is 0 Å². The standard InChI is InChI=1S/C15H19NO4/c1-10(9-15(18)19)8-14(17)16-12-6-7-20-13-5-3-2-4-11(12)13/h2-5,10,12H,6-9H2,1H3,(H,16,17)(H,18,19). The number of hydrogen-bond donors (Lipinski definition) is 2. The molecule has 2 N–H and O–H groups in total. The third-order valence-electron chi connectivity index (χ3n) is 3.35. The van der Waals surface area contributed by atoms with E-state index < -0.39 is 5.97 Å². The summed E-state index contributed by atoms with van der Waals surface area (Å²) < 4.78 is 5.54. The van der Waals surface area contributed by atoms with Gasteiger partial charge < -0.3 is 15.2 Å². The molecule has 1 aliphatic rings. The normalized spacial score (nSPS) is 18.6. The molecule has 2 atom stereocenters. The third-order valence-corrected chi connectivity index (χ3v) is 3.35. The van der Waals surface area contributed by atoms with Crippen molar-refractivity contribution in [2.75, 3.05) is 6.61 Å². The van der Waals surface area contributed by atoms with Crippen molar-refractivity contribution >= 4 is 11.9 Å². The summed E-state index contributed by atoms with van der Waals surface area (Å²) in [7, 11) is 0. The van der Waals surface area contributed by atoms with E-state index >= 15 is 0 Å². The largest absolute Gasteiger partial charge is 0.493 e. The van der Waals surface area contributed by atoms with Crippen LogP contribution in [-0.2, 0) is 9.59 Å². The number of carboxylic acids is 1. The number of carboxylic acid groups (broad SMARTS) is 1. The molecule has 1 amide bonds. The Balaban J connectivity index is 1.94. The maximum atomic E-state index is 12.0. The molecule has 5 nitrogen and oxygen atoms in total. The molecular formula is C15H19NO4. The van der Waals surface area contributed by atoms with Crippen molar-refractivity contribution in [3.63, 3.8) is 0 Å². The molecule has 1 aromatic rings. The number of benzene rings is 1. The van der Waals surface area contributed by atoms with E-state index in [1.165, 1.54) is 0 Å². The molecule has 1 aromatic carbocycles. The first-order chi connectivity index (χ1) is 9.56. The molecule has 0 bridgehead atoms. The second-order valence-electron chi connectivity index (χ2n) is 5.20. The van der Waals surface area contributed by atoms with E-state index in [-0.39, 0.29) is 30.7 Å². The van der Waals surface area contributed by atoms with Gasteiger partial charge in [-0.15, -0.1) is 0 Å². The topological polar surface area (TPSA) is 75.6 Å². The smallest absolute Gasteiger partial charge is 0.303 e. The Morgan fingerprint density at radius 1 is 1.40 bits per heavy atom. The van der Waals surface area contributed by atoms with E-state index in [1.54, 1.807) is 6.92 Å². The van der Waals surface area contributed by atoms with Crippen molar-refractivity contribution in [3.05, 3.63) is 29.8 Å². The number of hydrogen-bond acceptors (Lipinski definition) is 3. The van der Waals surface area contributed by atoms with E-state index in [9.17, 15) is 9.59 Å². The van der Waals surface area contributed by atoms with Crippen molar-refractivity contribution in [1.82, 2.24) is 5.32 Å². The number of para-hydroxylation sites is 1. The molecule has 0 aromatic heterocycles. The molecular weight excluding hydrogens is 258 g/mol. The first kappa shape index (κ1) is 14.4. The van der Waals surface area contributed by atoms with Gasteiger partial charge in [-0.3, -0.25) is 9.59 Å². The van der Waals surface area contributed by atoms with Gasteiger partial charge >= 0.3 is 5.97 Å². The molecule has 1 heterocycles. The van der Waals surface area contributed by atoms with Crippen LogP contribution in [0.25, 0.3) is 0 Å². The van der Waals surface area contributed by atoms with Gasteiger partial charge in [0, 0.05) is 24.8 Å². The zero-order valence-electron chi connectivity index (χ0n) is 11.5. The van der Waals surface area contributed by atoms with Gasteiger partial charge in [0.05, 0.1) is 12.6 Å². The quantitative estimate of drug-likeness (QED) is 0.864. The number of carbonyl (C=O) groups is 2. The minimum absolute atomic E-state index is 0.0117. The number of ether oxygens (including phenoxy) is 1. The molecule has 1 aliphatic heterocycles. The van der Waals surface area contributed by atoms with Gasteiger partial charge in [-0.05, 0) is 12.0 Å². The number of nitrogens with one attached hydrogen (secondary N) is 1. The molecule has 0 spiro atoms. The highest BCUT2D eigenvalue weighted by Crippen LogP contribution is 2.31. The fraction of sp³-hybridized carbons (Fsp3) is 0.467. The SMILES string of the molecule is CC(CC(=O)O)CC(=O)NC1CCOc2ccccc21. The van der Waals surface area contributed by atoms with Crippen LogP contribution < -0.4 is 10.1 Å². The fourth-order valence-electron chi connectivity index (χ4n) is 2.43. The lowest BCUT2D eigenvalue weighted by Gasteiger charge is -2.27. The van der Waals surface area contributed by atoms with Crippen LogP contribution in [0.4, 0.5) is 0 Å². The molecule has 20 heavy (non-hydrogen) atoms. The lowest BCUT2D eigenvalue weighted by atomic mass is 9.99. The van der Waals surface area contributed by atoms with Crippen molar-refractivity contribution in [1.29, 1.82) is 0 Å². The minimum atomic E-state index is -0.873. The monoisotopic (exact) mass is 277 g/mol. The molecule has 0 aliphatic carbocycles. The molecule has 0 fully saturated rings. The molecule has 0 saturated heterocycles. The molecule has 0 saturated carbocycles. The molecule has 2 unspecified atom stereocenters. The zero-order chi connectivity index (χ0) is 14.5. The third kappa shape index (κ3) is 3.73. The Kier molecular flexibility index (Phi) is 4.61. The average molecular weight is 277 g/mol.